The van der Waals surface area contributed by atoms with Crippen LogP contribution in [-0.4, -0.2) is 18.9 Å². The van der Waals surface area contributed by atoms with Crippen molar-refractivity contribution in [1.82, 2.24) is 0 Å². The molecule has 2 amide bonds. The van der Waals surface area contributed by atoms with Gasteiger partial charge in [0, 0.05) is 11.8 Å². The van der Waals surface area contributed by atoms with Crippen LogP contribution in [0.1, 0.15) is 20.7 Å². The second-order valence-corrected chi connectivity index (χ2v) is 6.03. The standard InChI is InChI=1S/C21H14F4N2O3/c1-30-12-6-4-5-11(9-12)26-20(28)13-7-2-3-8-16(13)27-21(29)14-10-15(22)18(24)19(25)17(14)23/h2-10H,1H3,(H,26,28)(H,27,29). The fourth-order valence-corrected chi connectivity index (χ4v) is 2.62. The highest BCUT2D eigenvalue weighted by Crippen LogP contribution is 2.23. The Hall–Kier alpha value is -3.88. The normalized spacial score (nSPS) is 10.4. The molecule has 0 bridgehead atoms. The monoisotopic (exact) mass is 418 g/mol. The maximum Gasteiger partial charge on any atom is 0.258 e. The summed E-state index contributed by atoms with van der Waals surface area (Å²) in [6.45, 7) is 0. The number of methoxy groups -OCH3 is 1. The van der Waals surface area contributed by atoms with E-state index in [1.807, 2.05) is 0 Å². The number of amides is 2. The molecule has 154 valence electrons. The maximum atomic E-state index is 13.9. The molecule has 0 fully saturated rings. The van der Waals surface area contributed by atoms with E-state index in [1.165, 1.54) is 31.4 Å². The van der Waals surface area contributed by atoms with Gasteiger partial charge in [-0.15, -0.1) is 0 Å². The quantitative estimate of drug-likeness (QED) is 0.357. The smallest absolute Gasteiger partial charge is 0.258 e. The molecular formula is C21H14F4N2O3. The first-order valence-corrected chi connectivity index (χ1v) is 8.50. The van der Waals surface area contributed by atoms with Crippen LogP contribution in [0.2, 0.25) is 0 Å². The van der Waals surface area contributed by atoms with Crippen LogP contribution >= 0.6 is 0 Å². The number of hydrogen-bond acceptors (Lipinski definition) is 3. The Morgan fingerprint density at radius 3 is 2.20 bits per heavy atom. The van der Waals surface area contributed by atoms with Gasteiger partial charge in [-0.1, -0.05) is 18.2 Å². The third-order valence-corrected chi connectivity index (χ3v) is 4.09. The van der Waals surface area contributed by atoms with Crippen molar-refractivity contribution in [1.29, 1.82) is 0 Å². The topological polar surface area (TPSA) is 67.4 Å². The zero-order chi connectivity index (χ0) is 21.8. The Morgan fingerprint density at radius 2 is 1.47 bits per heavy atom. The van der Waals surface area contributed by atoms with Crippen LogP contribution < -0.4 is 15.4 Å². The van der Waals surface area contributed by atoms with Gasteiger partial charge in [-0.25, -0.2) is 17.6 Å². The molecule has 3 aromatic rings. The lowest BCUT2D eigenvalue weighted by molar-refractivity contribution is 0.102. The van der Waals surface area contributed by atoms with Gasteiger partial charge >= 0.3 is 0 Å². The van der Waals surface area contributed by atoms with Crippen molar-refractivity contribution in [3.05, 3.63) is 89.0 Å². The molecule has 0 aliphatic rings. The van der Waals surface area contributed by atoms with Gasteiger partial charge in [0.25, 0.3) is 11.8 Å². The van der Waals surface area contributed by atoms with Gasteiger partial charge in [-0.3, -0.25) is 9.59 Å². The van der Waals surface area contributed by atoms with Crippen LogP contribution in [0.4, 0.5) is 28.9 Å². The Labute approximate surface area is 168 Å². The van der Waals surface area contributed by atoms with Crippen molar-refractivity contribution in [2.45, 2.75) is 0 Å². The number of carbonyl (C=O) groups excluding carboxylic acids is 2. The van der Waals surface area contributed by atoms with Gasteiger partial charge < -0.3 is 15.4 Å². The van der Waals surface area contributed by atoms with Crippen molar-refractivity contribution >= 4 is 23.2 Å². The first-order valence-electron chi connectivity index (χ1n) is 8.50. The average Bonchev–Trinajstić information content (AvgIpc) is 2.75. The number of anilines is 2. The summed E-state index contributed by atoms with van der Waals surface area (Å²) in [4.78, 5) is 24.9. The molecule has 30 heavy (non-hydrogen) atoms. The summed E-state index contributed by atoms with van der Waals surface area (Å²) in [5.74, 6) is -9.06. The van der Waals surface area contributed by atoms with Crippen molar-refractivity contribution in [3.63, 3.8) is 0 Å². The third kappa shape index (κ3) is 4.24. The van der Waals surface area contributed by atoms with E-state index in [4.69, 9.17) is 4.74 Å². The van der Waals surface area contributed by atoms with E-state index in [1.54, 1.807) is 24.3 Å². The zero-order valence-electron chi connectivity index (χ0n) is 15.4. The molecule has 3 rings (SSSR count). The highest BCUT2D eigenvalue weighted by Gasteiger charge is 2.24. The lowest BCUT2D eigenvalue weighted by Crippen LogP contribution is -2.20. The lowest BCUT2D eigenvalue weighted by Gasteiger charge is -2.12. The van der Waals surface area contributed by atoms with Gasteiger partial charge in [0.05, 0.1) is 23.9 Å². The van der Waals surface area contributed by atoms with Crippen molar-refractivity contribution in [2.75, 3.05) is 17.7 Å². The van der Waals surface area contributed by atoms with Crippen LogP contribution in [0.5, 0.6) is 5.75 Å². The molecule has 0 heterocycles. The number of hydrogen-bond donors (Lipinski definition) is 2. The predicted octanol–water partition coefficient (Wildman–Crippen LogP) is 4.76. The number of benzene rings is 3. The molecule has 0 atom stereocenters. The molecule has 5 nitrogen and oxygen atoms in total. The Morgan fingerprint density at radius 1 is 0.767 bits per heavy atom. The Kier molecular flexibility index (Phi) is 6.01. The average molecular weight is 418 g/mol. The predicted molar refractivity (Wildman–Crippen MR) is 102 cm³/mol. The van der Waals surface area contributed by atoms with E-state index in [0.29, 0.717) is 11.4 Å². The van der Waals surface area contributed by atoms with Crippen LogP contribution in [0.3, 0.4) is 0 Å². The SMILES string of the molecule is COc1cccc(NC(=O)c2ccccc2NC(=O)c2cc(F)c(F)c(F)c2F)c1. The Balaban J connectivity index is 1.87. The molecule has 0 saturated heterocycles. The number of rotatable bonds is 5. The number of ether oxygens (including phenoxy) is 1. The molecule has 0 unspecified atom stereocenters. The summed E-state index contributed by atoms with van der Waals surface area (Å²) in [7, 11) is 1.46. The summed E-state index contributed by atoms with van der Waals surface area (Å²) in [5.41, 5.74) is -0.687. The fraction of sp³-hybridized carbons (Fsp3) is 0.0476. The molecule has 0 aliphatic carbocycles. The molecule has 0 saturated carbocycles. The van der Waals surface area contributed by atoms with Crippen LogP contribution in [0.25, 0.3) is 0 Å². The number of carbonyl (C=O) groups is 2. The van der Waals surface area contributed by atoms with E-state index in [2.05, 4.69) is 10.6 Å². The second-order valence-electron chi connectivity index (χ2n) is 6.03. The zero-order valence-corrected chi connectivity index (χ0v) is 15.4. The summed E-state index contributed by atoms with van der Waals surface area (Å²) in [5, 5.41) is 4.82. The van der Waals surface area contributed by atoms with Gasteiger partial charge in [0.15, 0.2) is 23.3 Å². The van der Waals surface area contributed by atoms with E-state index in [-0.39, 0.29) is 17.3 Å². The van der Waals surface area contributed by atoms with Gasteiger partial charge in [-0.05, 0) is 30.3 Å². The Bertz CT molecular complexity index is 1140. The lowest BCUT2D eigenvalue weighted by atomic mass is 10.1. The number of halogens is 4. The van der Waals surface area contributed by atoms with Gasteiger partial charge in [0.1, 0.15) is 5.75 Å². The third-order valence-electron chi connectivity index (χ3n) is 4.09. The molecule has 9 heteroatoms. The van der Waals surface area contributed by atoms with Crippen LogP contribution in [0, 0.1) is 23.3 Å². The van der Waals surface area contributed by atoms with Crippen molar-refractivity contribution < 1.29 is 31.9 Å². The summed E-state index contributed by atoms with van der Waals surface area (Å²) >= 11 is 0. The van der Waals surface area contributed by atoms with E-state index in [0.717, 1.165) is 0 Å². The van der Waals surface area contributed by atoms with E-state index in [9.17, 15) is 27.2 Å². The molecule has 0 spiro atoms. The largest absolute Gasteiger partial charge is 0.497 e. The highest BCUT2D eigenvalue weighted by molar-refractivity contribution is 6.12. The second kappa shape index (κ2) is 8.64. The van der Waals surface area contributed by atoms with E-state index < -0.39 is 40.6 Å². The minimum atomic E-state index is -2.11. The maximum absolute atomic E-state index is 13.9. The first kappa shape index (κ1) is 20.8. The van der Waals surface area contributed by atoms with Crippen LogP contribution in [-0.2, 0) is 0 Å². The molecule has 0 radical (unpaired) electrons. The first-order chi connectivity index (χ1) is 14.3. The molecule has 3 aromatic carbocycles. The van der Waals surface area contributed by atoms with Gasteiger partial charge in [0.2, 0.25) is 0 Å². The summed E-state index contributed by atoms with van der Waals surface area (Å²) in [6, 6.07) is 12.5. The summed E-state index contributed by atoms with van der Waals surface area (Å²) in [6.07, 6.45) is 0. The minimum Gasteiger partial charge on any atom is -0.497 e. The molecule has 0 aliphatic heterocycles. The van der Waals surface area contributed by atoms with E-state index >= 15 is 0 Å². The number of nitrogens with one attached hydrogen (secondary N) is 2. The van der Waals surface area contributed by atoms with Crippen molar-refractivity contribution in [3.8, 4) is 5.75 Å². The highest BCUT2D eigenvalue weighted by atomic mass is 19.2. The van der Waals surface area contributed by atoms with Crippen molar-refractivity contribution in [2.24, 2.45) is 0 Å². The number of para-hydroxylation sites is 1. The minimum absolute atomic E-state index is 0.00265. The molecule has 2 N–H and O–H groups in total. The summed E-state index contributed by atoms with van der Waals surface area (Å²) < 4.78 is 58.9. The molecular weight excluding hydrogens is 404 g/mol. The van der Waals surface area contributed by atoms with Gasteiger partial charge in [-0.2, -0.15) is 0 Å². The fourth-order valence-electron chi connectivity index (χ4n) is 2.62. The molecule has 0 aromatic heterocycles. The van der Waals surface area contributed by atoms with Crippen LogP contribution in [0.15, 0.2) is 54.6 Å².